The highest BCUT2D eigenvalue weighted by atomic mass is 16.5. The highest BCUT2D eigenvalue weighted by Crippen LogP contribution is 2.19. The summed E-state index contributed by atoms with van der Waals surface area (Å²) in [7, 11) is 1.55. The maximum absolute atomic E-state index is 9.98. The number of aromatic nitrogens is 2. The van der Waals surface area contributed by atoms with Crippen molar-refractivity contribution in [3.05, 3.63) is 17.8 Å². The van der Waals surface area contributed by atoms with Crippen LogP contribution in [0, 0.1) is 0 Å². The maximum Gasteiger partial charge on any atom is 0.233 e. The first-order chi connectivity index (χ1) is 9.27. The summed E-state index contributed by atoms with van der Waals surface area (Å²) < 4.78 is 4.94. The van der Waals surface area contributed by atoms with Crippen LogP contribution in [0.3, 0.4) is 0 Å². The molecule has 1 unspecified atom stereocenters. The highest BCUT2D eigenvalue weighted by Gasteiger charge is 2.09. The Morgan fingerprint density at radius 3 is 2.32 bits per heavy atom. The summed E-state index contributed by atoms with van der Waals surface area (Å²) in [5.74, 6) is 0.479. The fourth-order valence-electron chi connectivity index (χ4n) is 2.06. The predicted octanol–water partition coefficient (Wildman–Crippen LogP) is 3.66. The van der Waals surface area contributed by atoms with Crippen molar-refractivity contribution in [1.82, 2.24) is 10.2 Å². The third-order valence-electron chi connectivity index (χ3n) is 3.29. The molecule has 1 atom stereocenters. The van der Waals surface area contributed by atoms with E-state index in [2.05, 4.69) is 17.1 Å². The van der Waals surface area contributed by atoms with Crippen LogP contribution in [-0.2, 0) is 0 Å². The van der Waals surface area contributed by atoms with Gasteiger partial charge in [0.15, 0.2) is 0 Å². The minimum absolute atomic E-state index is 0.479. The lowest BCUT2D eigenvalue weighted by atomic mass is 10.0. The van der Waals surface area contributed by atoms with Gasteiger partial charge in [-0.05, 0) is 12.5 Å². The Bertz CT molecular complexity index is 327. The van der Waals surface area contributed by atoms with E-state index in [1.165, 1.54) is 38.5 Å². The summed E-state index contributed by atoms with van der Waals surface area (Å²) in [6.45, 7) is 2.23. The molecule has 1 aromatic rings. The first kappa shape index (κ1) is 15.9. The van der Waals surface area contributed by atoms with Crippen molar-refractivity contribution < 1.29 is 9.84 Å². The quantitative estimate of drug-likeness (QED) is 0.657. The molecular weight excluding hydrogens is 240 g/mol. The second kappa shape index (κ2) is 9.73. The molecule has 0 fully saturated rings. The number of unbranched alkanes of at least 4 members (excludes halogenated alkanes) is 6. The summed E-state index contributed by atoms with van der Waals surface area (Å²) in [5, 5.41) is 17.8. The van der Waals surface area contributed by atoms with Crippen molar-refractivity contribution in [1.29, 1.82) is 0 Å². The molecule has 1 aromatic heterocycles. The van der Waals surface area contributed by atoms with E-state index in [1.807, 2.05) is 0 Å². The van der Waals surface area contributed by atoms with Crippen LogP contribution in [0.2, 0.25) is 0 Å². The molecule has 0 radical (unpaired) electrons. The zero-order chi connectivity index (χ0) is 13.9. The lowest BCUT2D eigenvalue weighted by Gasteiger charge is -2.09. The van der Waals surface area contributed by atoms with Crippen LogP contribution in [0.25, 0.3) is 0 Å². The number of methoxy groups -OCH3 is 1. The van der Waals surface area contributed by atoms with E-state index in [-0.39, 0.29) is 0 Å². The lowest BCUT2D eigenvalue weighted by Crippen LogP contribution is -2.02. The van der Waals surface area contributed by atoms with Gasteiger partial charge in [-0.15, -0.1) is 10.2 Å². The Morgan fingerprint density at radius 1 is 1.05 bits per heavy atom. The molecule has 0 spiro atoms. The van der Waals surface area contributed by atoms with Crippen molar-refractivity contribution in [3.8, 4) is 5.88 Å². The average molecular weight is 266 g/mol. The zero-order valence-corrected chi connectivity index (χ0v) is 12.1. The average Bonchev–Trinajstić information content (AvgIpc) is 2.46. The van der Waals surface area contributed by atoms with Gasteiger partial charge in [-0.25, -0.2) is 0 Å². The normalized spacial score (nSPS) is 12.4. The van der Waals surface area contributed by atoms with Crippen LogP contribution in [0.5, 0.6) is 5.88 Å². The van der Waals surface area contributed by atoms with Crippen molar-refractivity contribution in [2.24, 2.45) is 0 Å². The minimum Gasteiger partial charge on any atom is -0.480 e. The van der Waals surface area contributed by atoms with Gasteiger partial charge >= 0.3 is 0 Å². The van der Waals surface area contributed by atoms with Crippen LogP contribution in [0.4, 0.5) is 0 Å². The van der Waals surface area contributed by atoms with Gasteiger partial charge in [0.05, 0.1) is 18.9 Å². The third-order valence-corrected chi connectivity index (χ3v) is 3.29. The number of rotatable bonds is 10. The fourth-order valence-corrected chi connectivity index (χ4v) is 2.06. The van der Waals surface area contributed by atoms with E-state index in [0.29, 0.717) is 11.6 Å². The Morgan fingerprint density at radius 2 is 1.74 bits per heavy atom. The second-order valence-electron chi connectivity index (χ2n) is 4.93. The number of ether oxygens (including phenoxy) is 1. The van der Waals surface area contributed by atoms with E-state index in [9.17, 15) is 5.11 Å². The highest BCUT2D eigenvalue weighted by molar-refractivity contribution is 5.12. The van der Waals surface area contributed by atoms with Crippen LogP contribution < -0.4 is 4.74 Å². The number of hydrogen-bond acceptors (Lipinski definition) is 4. The monoisotopic (exact) mass is 266 g/mol. The largest absolute Gasteiger partial charge is 0.480 e. The van der Waals surface area contributed by atoms with Gasteiger partial charge in [-0.3, -0.25) is 0 Å². The van der Waals surface area contributed by atoms with E-state index in [1.54, 1.807) is 19.2 Å². The maximum atomic E-state index is 9.98. The van der Waals surface area contributed by atoms with Gasteiger partial charge in [0, 0.05) is 6.07 Å². The minimum atomic E-state index is -0.506. The van der Waals surface area contributed by atoms with E-state index in [0.717, 1.165) is 12.8 Å². The zero-order valence-electron chi connectivity index (χ0n) is 12.1. The standard InChI is InChI=1S/C15H26N2O2/c1-3-4-5-6-7-8-9-10-14(18)13-11-12-15(19-2)17-16-13/h11-12,14,18H,3-10H2,1-2H3. The molecule has 0 aliphatic heterocycles. The number of hydrogen-bond donors (Lipinski definition) is 1. The molecule has 1 heterocycles. The van der Waals surface area contributed by atoms with Gasteiger partial charge < -0.3 is 9.84 Å². The predicted molar refractivity (Wildman–Crippen MR) is 76.2 cm³/mol. The molecule has 4 nitrogen and oxygen atoms in total. The van der Waals surface area contributed by atoms with E-state index >= 15 is 0 Å². The van der Waals surface area contributed by atoms with Crippen LogP contribution in [-0.4, -0.2) is 22.4 Å². The molecule has 1 N–H and O–H groups in total. The summed E-state index contributed by atoms with van der Waals surface area (Å²) >= 11 is 0. The summed E-state index contributed by atoms with van der Waals surface area (Å²) in [6, 6.07) is 3.51. The van der Waals surface area contributed by atoms with Gasteiger partial charge in [0.2, 0.25) is 5.88 Å². The molecule has 108 valence electrons. The SMILES string of the molecule is CCCCCCCCCC(O)c1ccc(OC)nn1. The Kier molecular flexibility index (Phi) is 8.14. The Hall–Kier alpha value is -1.16. The van der Waals surface area contributed by atoms with Crippen LogP contribution in [0.15, 0.2) is 12.1 Å². The smallest absolute Gasteiger partial charge is 0.233 e. The van der Waals surface area contributed by atoms with Crippen LogP contribution in [0.1, 0.15) is 70.1 Å². The van der Waals surface area contributed by atoms with E-state index in [4.69, 9.17) is 4.74 Å². The second-order valence-corrected chi connectivity index (χ2v) is 4.93. The van der Waals surface area contributed by atoms with Gasteiger partial charge in [0.1, 0.15) is 0 Å². The van der Waals surface area contributed by atoms with Crippen molar-refractivity contribution in [2.75, 3.05) is 7.11 Å². The molecule has 0 bridgehead atoms. The molecule has 0 aliphatic rings. The topological polar surface area (TPSA) is 55.2 Å². The van der Waals surface area contributed by atoms with Crippen molar-refractivity contribution >= 4 is 0 Å². The number of aliphatic hydroxyl groups excluding tert-OH is 1. The van der Waals surface area contributed by atoms with E-state index < -0.39 is 6.10 Å². The molecule has 0 saturated heterocycles. The summed E-state index contributed by atoms with van der Waals surface area (Å²) in [4.78, 5) is 0. The lowest BCUT2D eigenvalue weighted by molar-refractivity contribution is 0.157. The number of aliphatic hydroxyl groups is 1. The first-order valence-corrected chi connectivity index (χ1v) is 7.33. The van der Waals surface area contributed by atoms with Gasteiger partial charge in [-0.2, -0.15) is 0 Å². The van der Waals surface area contributed by atoms with Crippen LogP contribution >= 0.6 is 0 Å². The Balaban J connectivity index is 2.14. The van der Waals surface area contributed by atoms with Gasteiger partial charge in [0.25, 0.3) is 0 Å². The van der Waals surface area contributed by atoms with Gasteiger partial charge in [-0.1, -0.05) is 51.9 Å². The summed E-state index contributed by atoms with van der Waals surface area (Å²) in [5.41, 5.74) is 0.631. The fraction of sp³-hybridized carbons (Fsp3) is 0.733. The molecule has 0 amide bonds. The van der Waals surface area contributed by atoms with Crippen molar-refractivity contribution in [2.45, 2.75) is 64.4 Å². The number of nitrogens with zero attached hydrogens (tertiary/aromatic N) is 2. The van der Waals surface area contributed by atoms with Crippen molar-refractivity contribution in [3.63, 3.8) is 0 Å². The molecular formula is C15H26N2O2. The molecule has 0 aliphatic carbocycles. The summed E-state index contributed by atoms with van der Waals surface area (Å²) in [6.07, 6.45) is 9.02. The Labute approximate surface area is 116 Å². The first-order valence-electron chi connectivity index (χ1n) is 7.33. The molecule has 0 saturated carbocycles. The third kappa shape index (κ3) is 6.53. The molecule has 0 aromatic carbocycles. The molecule has 1 rings (SSSR count). The molecule has 4 heteroatoms. The molecule has 19 heavy (non-hydrogen) atoms.